The first-order valence-corrected chi connectivity index (χ1v) is 9.86. The first-order chi connectivity index (χ1) is 13.9. The number of fused-ring (bicyclic) bond motifs is 1. The van der Waals surface area contributed by atoms with E-state index in [-0.39, 0.29) is 11.5 Å². The van der Waals surface area contributed by atoms with Gasteiger partial charge in [0.05, 0.1) is 6.33 Å². The van der Waals surface area contributed by atoms with Crippen LogP contribution in [0.1, 0.15) is 31.7 Å². The molecule has 0 aliphatic carbocycles. The molecule has 154 valence electrons. The van der Waals surface area contributed by atoms with Gasteiger partial charge in [0.25, 0.3) is 5.56 Å². The van der Waals surface area contributed by atoms with Gasteiger partial charge in [-0.15, -0.1) is 0 Å². The molecular formula is C21H27N5O3. The van der Waals surface area contributed by atoms with E-state index in [0.29, 0.717) is 43.6 Å². The number of aryl methyl sites for hydroxylation is 2. The monoisotopic (exact) mass is 397 g/mol. The maximum atomic E-state index is 12.7. The van der Waals surface area contributed by atoms with Crippen LogP contribution >= 0.6 is 0 Å². The Morgan fingerprint density at radius 3 is 2.52 bits per heavy atom. The molecule has 29 heavy (non-hydrogen) atoms. The number of imidazole rings is 1. The molecule has 0 aliphatic rings. The summed E-state index contributed by atoms with van der Waals surface area (Å²) in [7, 11) is 3.05. The lowest BCUT2D eigenvalue weighted by molar-refractivity contribution is -0.132. The van der Waals surface area contributed by atoms with Gasteiger partial charge in [-0.1, -0.05) is 37.3 Å². The van der Waals surface area contributed by atoms with Crippen LogP contribution in [0.5, 0.6) is 0 Å². The molecule has 0 spiro atoms. The van der Waals surface area contributed by atoms with Gasteiger partial charge in [-0.3, -0.25) is 18.7 Å². The second-order valence-corrected chi connectivity index (χ2v) is 7.22. The number of rotatable bonds is 8. The second-order valence-electron chi connectivity index (χ2n) is 7.22. The van der Waals surface area contributed by atoms with Gasteiger partial charge < -0.3 is 9.47 Å². The first-order valence-electron chi connectivity index (χ1n) is 9.86. The van der Waals surface area contributed by atoms with Crippen molar-refractivity contribution in [3.63, 3.8) is 0 Å². The highest BCUT2D eigenvalue weighted by Crippen LogP contribution is 2.11. The minimum absolute atomic E-state index is 0.0976. The highest BCUT2D eigenvalue weighted by Gasteiger charge is 2.16. The summed E-state index contributed by atoms with van der Waals surface area (Å²) < 4.78 is 4.17. The van der Waals surface area contributed by atoms with Crippen molar-refractivity contribution < 1.29 is 4.79 Å². The molecule has 0 saturated carbocycles. The van der Waals surface area contributed by atoms with Crippen LogP contribution < -0.4 is 11.2 Å². The normalized spacial score (nSPS) is 11.1. The lowest BCUT2D eigenvalue weighted by Crippen LogP contribution is -2.37. The Labute approximate surface area is 169 Å². The molecule has 0 radical (unpaired) electrons. The highest BCUT2D eigenvalue weighted by atomic mass is 16.2. The minimum Gasteiger partial charge on any atom is -0.338 e. The van der Waals surface area contributed by atoms with E-state index in [1.165, 1.54) is 11.6 Å². The SMILES string of the molecule is CCCN(Cc1ccccc1)C(=O)CCCn1cnc2c1c(=O)n(C)c(=O)n2C. The number of hydrogen-bond acceptors (Lipinski definition) is 4. The Kier molecular flexibility index (Phi) is 6.31. The van der Waals surface area contributed by atoms with Gasteiger partial charge in [-0.25, -0.2) is 9.78 Å². The molecule has 0 N–H and O–H groups in total. The third kappa shape index (κ3) is 4.31. The van der Waals surface area contributed by atoms with E-state index in [0.717, 1.165) is 16.6 Å². The first kappa shape index (κ1) is 20.6. The molecule has 0 unspecified atom stereocenters. The van der Waals surface area contributed by atoms with Crippen LogP contribution in [-0.4, -0.2) is 36.0 Å². The van der Waals surface area contributed by atoms with Crippen LogP contribution in [0.15, 0.2) is 46.2 Å². The molecule has 8 heteroatoms. The summed E-state index contributed by atoms with van der Waals surface area (Å²) >= 11 is 0. The van der Waals surface area contributed by atoms with Crippen LogP contribution in [0.25, 0.3) is 11.2 Å². The smallest absolute Gasteiger partial charge is 0.332 e. The van der Waals surface area contributed by atoms with Crippen molar-refractivity contribution in [3.05, 3.63) is 63.1 Å². The van der Waals surface area contributed by atoms with Crippen LogP contribution in [0.2, 0.25) is 0 Å². The lowest BCUT2D eigenvalue weighted by atomic mass is 10.2. The Morgan fingerprint density at radius 2 is 1.83 bits per heavy atom. The van der Waals surface area contributed by atoms with E-state index >= 15 is 0 Å². The van der Waals surface area contributed by atoms with Crippen LogP contribution in [0, 0.1) is 0 Å². The topological polar surface area (TPSA) is 82.1 Å². The summed E-state index contributed by atoms with van der Waals surface area (Å²) in [5.41, 5.74) is 1.08. The van der Waals surface area contributed by atoms with Gasteiger partial charge >= 0.3 is 5.69 Å². The molecule has 0 fully saturated rings. The van der Waals surface area contributed by atoms with Crippen molar-refractivity contribution in [2.45, 2.75) is 39.3 Å². The average molecular weight is 397 g/mol. The summed E-state index contributed by atoms with van der Waals surface area (Å²) in [5.74, 6) is 0.0976. The zero-order chi connectivity index (χ0) is 21.0. The van der Waals surface area contributed by atoms with Crippen molar-refractivity contribution in [1.29, 1.82) is 0 Å². The number of nitrogens with zero attached hydrogens (tertiary/aromatic N) is 5. The molecule has 3 aromatic rings. The Balaban J connectivity index is 1.69. The fourth-order valence-corrected chi connectivity index (χ4v) is 3.49. The molecule has 2 heterocycles. The van der Waals surface area contributed by atoms with E-state index in [1.54, 1.807) is 17.9 Å². The molecule has 3 rings (SSSR count). The van der Waals surface area contributed by atoms with Crippen LogP contribution in [0.3, 0.4) is 0 Å². The average Bonchev–Trinajstić information content (AvgIpc) is 3.15. The maximum absolute atomic E-state index is 12.7. The molecule has 2 aromatic heterocycles. The third-order valence-electron chi connectivity index (χ3n) is 5.07. The molecule has 1 aromatic carbocycles. The molecule has 0 atom stereocenters. The lowest BCUT2D eigenvalue weighted by Gasteiger charge is -2.22. The van der Waals surface area contributed by atoms with Gasteiger partial charge in [-0.2, -0.15) is 0 Å². The van der Waals surface area contributed by atoms with Crippen molar-refractivity contribution >= 4 is 17.1 Å². The van der Waals surface area contributed by atoms with E-state index in [4.69, 9.17) is 0 Å². The number of hydrogen-bond donors (Lipinski definition) is 0. The summed E-state index contributed by atoms with van der Waals surface area (Å²) in [6.07, 6.45) is 3.43. The standard InChI is InChI=1S/C21H27N5O3/c1-4-12-25(14-16-9-6-5-7-10-16)17(27)11-8-13-26-15-22-19-18(26)20(28)24(3)21(29)23(19)2/h5-7,9-10,15H,4,8,11-14H2,1-3H3. The largest absolute Gasteiger partial charge is 0.338 e. The fourth-order valence-electron chi connectivity index (χ4n) is 3.49. The zero-order valence-electron chi connectivity index (χ0n) is 17.2. The summed E-state index contributed by atoms with van der Waals surface area (Å²) in [4.78, 5) is 43.4. The maximum Gasteiger partial charge on any atom is 0.332 e. The van der Waals surface area contributed by atoms with Gasteiger partial charge in [-0.05, 0) is 18.4 Å². The van der Waals surface area contributed by atoms with E-state index in [9.17, 15) is 14.4 Å². The zero-order valence-corrected chi connectivity index (χ0v) is 17.2. The quantitative estimate of drug-likeness (QED) is 0.579. The molecular weight excluding hydrogens is 370 g/mol. The fraction of sp³-hybridized carbons (Fsp3) is 0.429. The Morgan fingerprint density at radius 1 is 1.10 bits per heavy atom. The number of carbonyl (C=O) groups is 1. The predicted molar refractivity (Wildman–Crippen MR) is 112 cm³/mol. The summed E-state index contributed by atoms with van der Waals surface area (Å²) in [6.45, 7) is 3.86. The van der Waals surface area contributed by atoms with E-state index in [2.05, 4.69) is 11.9 Å². The number of carbonyl (C=O) groups excluding carboxylic acids is 1. The molecule has 8 nitrogen and oxygen atoms in total. The Bertz CT molecular complexity index is 1110. The van der Waals surface area contributed by atoms with Crippen molar-refractivity contribution in [3.8, 4) is 0 Å². The molecule has 0 bridgehead atoms. The van der Waals surface area contributed by atoms with Gasteiger partial charge in [0.1, 0.15) is 0 Å². The number of benzene rings is 1. The van der Waals surface area contributed by atoms with Gasteiger partial charge in [0, 0.05) is 40.2 Å². The van der Waals surface area contributed by atoms with Crippen LogP contribution in [-0.2, 0) is 32.0 Å². The third-order valence-corrected chi connectivity index (χ3v) is 5.07. The molecule has 1 amide bonds. The number of aromatic nitrogens is 4. The molecule has 0 saturated heterocycles. The van der Waals surface area contributed by atoms with Gasteiger partial charge in [0.15, 0.2) is 11.2 Å². The molecule has 0 aliphatic heterocycles. The van der Waals surface area contributed by atoms with Crippen molar-refractivity contribution in [2.75, 3.05) is 6.54 Å². The number of amides is 1. The predicted octanol–water partition coefficient (Wildman–Crippen LogP) is 1.65. The summed E-state index contributed by atoms with van der Waals surface area (Å²) in [6, 6.07) is 9.95. The van der Waals surface area contributed by atoms with E-state index < -0.39 is 5.69 Å². The van der Waals surface area contributed by atoms with Crippen molar-refractivity contribution in [2.24, 2.45) is 14.1 Å². The minimum atomic E-state index is -0.404. The van der Waals surface area contributed by atoms with Crippen LogP contribution in [0.4, 0.5) is 0 Å². The Hall–Kier alpha value is -3.16. The second kappa shape index (κ2) is 8.89. The summed E-state index contributed by atoms with van der Waals surface area (Å²) in [5, 5.41) is 0. The van der Waals surface area contributed by atoms with E-state index in [1.807, 2.05) is 35.2 Å². The van der Waals surface area contributed by atoms with Gasteiger partial charge in [0.2, 0.25) is 5.91 Å². The van der Waals surface area contributed by atoms with Crippen molar-refractivity contribution in [1.82, 2.24) is 23.6 Å². The highest BCUT2D eigenvalue weighted by molar-refractivity contribution is 5.76.